The third-order valence-electron chi connectivity index (χ3n) is 3.32. The van der Waals surface area contributed by atoms with E-state index in [0.717, 1.165) is 0 Å². The highest BCUT2D eigenvalue weighted by molar-refractivity contribution is 5.70. The van der Waals surface area contributed by atoms with E-state index in [1.165, 1.54) is 25.7 Å². The van der Waals surface area contributed by atoms with Crippen molar-refractivity contribution in [2.24, 2.45) is 11.8 Å². The lowest BCUT2D eigenvalue weighted by molar-refractivity contribution is -0.163. The van der Waals surface area contributed by atoms with Gasteiger partial charge in [-0.3, -0.25) is 4.79 Å². The molecule has 0 radical (unpaired) electrons. The monoisotopic (exact) mass is 168 g/mol. The van der Waals surface area contributed by atoms with Crippen molar-refractivity contribution in [1.29, 1.82) is 0 Å². The fraction of sp³-hybridized carbons (Fsp3) is 0.900. The summed E-state index contributed by atoms with van der Waals surface area (Å²) >= 11 is 0. The molecule has 12 heavy (non-hydrogen) atoms. The molecule has 3 atom stereocenters. The maximum atomic E-state index is 11.1. The summed E-state index contributed by atoms with van der Waals surface area (Å²) in [6.45, 7) is 2.04. The van der Waals surface area contributed by atoms with Crippen LogP contribution in [0, 0.1) is 11.8 Å². The maximum absolute atomic E-state index is 11.1. The predicted molar refractivity (Wildman–Crippen MR) is 45.6 cm³/mol. The molecule has 0 amide bonds. The van der Waals surface area contributed by atoms with E-state index in [4.69, 9.17) is 4.74 Å². The topological polar surface area (TPSA) is 26.3 Å². The second kappa shape index (κ2) is 3.08. The Labute approximate surface area is 73.3 Å². The van der Waals surface area contributed by atoms with Crippen molar-refractivity contribution < 1.29 is 9.53 Å². The number of carbonyl (C=O) groups is 1. The molecule has 1 aliphatic carbocycles. The summed E-state index contributed by atoms with van der Waals surface area (Å²) in [5.74, 6) is 1.32. The average Bonchev–Trinajstić information content (AvgIpc) is 2.04. The van der Waals surface area contributed by atoms with Gasteiger partial charge in [0.1, 0.15) is 6.10 Å². The second-order valence-corrected chi connectivity index (χ2v) is 4.11. The van der Waals surface area contributed by atoms with E-state index in [1.807, 2.05) is 6.92 Å². The quantitative estimate of drug-likeness (QED) is 0.518. The summed E-state index contributed by atoms with van der Waals surface area (Å²) in [5, 5.41) is 0. The van der Waals surface area contributed by atoms with E-state index in [-0.39, 0.29) is 12.1 Å². The van der Waals surface area contributed by atoms with Crippen LogP contribution >= 0.6 is 0 Å². The molecule has 1 saturated carbocycles. The van der Waals surface area contributed by atoms with Crippen LogP contribution in [0.4, 0.5) is 0 Å². The number of fused-ring (bicyclic) bond motifs is 1. The summed E-state index contributed by atoms with van der Waals surface area (Å²) in [5.41, 5.74) is 0. The smallest absolute Gasteiger partial charge is 0.306 e. The third-order valence-corrected chi connectivity index (χ3v) is 3.32. The Morgan fingerprint density at radius 2 is 2.08 bits per heavy atom. The van der Waals surface area contributed by atoms with Gasteiger partial charge in [-0.2, -0.15) is 0 Å². The Morgan fingerprint density at radius 3 is 2.92 bits per heavy atom. The van der Waals surface area contributed by atoms with Crippen molar-refractivity contribution >= 4 is 5.97 Å². The largest absolute Gasteiger partial charge is 0.462 e. The highest BCUT2D eigenvalue weighted by Crippen LogP contribution is 2.38. The summed E-state index contributed by atoms with van der Waals surface area (Å²) in [4.78, 5) is 11.1. The molecule has 0 aromatic carbocycles. The van der Waals surface area contributed by atoms with Crippen molar-refractivity contribution in [1.82, 2.24) is 0 Å². The Hall–Kier alpha value is -0.530. The molecule has 0 aromatic rings. The van der Waals surface area contributed by atoms with Gasteiger partial charge in [0.15, 0.2) is 0 Å². The van der Waals surface area contributed by atoms with Gasteiger partial charge < -0.3 is 4.74 Å². The Bertz CT molecular complexity index is 188. The minimum Gasteiger partial charge on any atom is -0.462 e. The van der Waals surface area contributed by atoms with E-state index in [0.29, 0.717) is 18.3 Å². The summed E-state index contributed by atoms with van der Waals surface area (Å²) in [6.07, 6.45) is 5.99. The average molecular weight is 168 g/mol. The Kier molecular flexibility index (Phi) is 2.07. The normalized spacial score (nSPS) is 41.8. The molecule has 2 nitrogen and oxygen atoms in total. The van der Waals surface area contributed by atoms with Crippen LogP contribution in [0.5, 0.6) is 0 Å². The fourth-order valence-electron chi connectivity index (χ4n) is 2.66. The molecule has 0 N–H and O–H groups in total. The number of cyclic esters (lactones) is 1. The molecule has 2 fully saturated rings. The molecule has 2 rings (SSSR count). The van der Waals surface area contributed by atoms with E-state index in [2.05, 4.69) is 0 Å². The van der Waals surface area contributed by atoms with Crippen LogP contribution in [0.15, 0.2) is 0 Å². The zero-order valence-corrected chi connectivity index (χ0v) is 7.58. The van der Waals surface area contributed by atoms with Gasteiger partial charge in [-0.25, -0.2) is 0 Å². The lowest BCUT2D eigenvalue weighted by Crippen LogP contribution is -2.38. The molecular formula is C10H16O2. The van der Waals surface area contributed by atoms with Crippen molar-refractivity contribution in [3.63, 3.8) is 0 Å². The second-order valence-electron chi connectivity index (χ2n) is 4.11. The van der Waals surface area contributed by atoms with Gasteiger partial charge in [0.25, 0.3) is 0 Å². The highest BCUT2D eigenvalue weighted by atomic mass is 16.5. The van der Waals surface area contributed by atoms with Crippen molar-refractivity contribution in [2.75, 3.05) is 0 Å². The molecule has 0 unspecified atom stereocenters. The standard InChI is InChI=1S/C10H16O2/c1-7-9-5-3-2-4-8(9)6-10(11)12-7/h7-9H,2-6H2,1H3/t7-,8+,9-/m0/s1. The number of hydrogen-bond acceptors (Lipinski definition) is 2. The Morgan fingerprint density at radius 1 is 1.33 bits per heavy atom. The zero-order chi connectivity index (χ0) is 8.55. The minimum absolute atomic E-state index is 0.0191. The van der Waals surface area contributed by atoms with Crippen LogP contribution in [0.25, 0.3) is 0 Å². The number of rotatable bonds is 0. The van der Waals surface area contributed by atoms with Gasteiger partial charge in [-0.05, 0) is 31.6 Å². The van der Waals surface area contributed by atoms with E-state index < -0.39 is 0 Å². The number of ether oxygens (including phenoxy) is 1. The van der Waals surface area contributed by atoms with E-state index >= 15 is 0 Å². The fourth-order valence-corrected chi connectivity index (χ4v) is 2.66. The molecule has 2 aliphatic rings. The highest BCUT2D eigenvalue weighted by Gasteiger charge is 2.37. The van der Waals surface area contributed by atoms with Gasteiger partial charge in [0.05, 0.1) is 0 Å². The summed E-state index contributed by atoms with van der Waals surface area (Å²) < 4.78 is 5.22. The lowest BCUT2D eigenvalue weighted by atomic mass is 9.74. The van der Waals surface area contributed by atoms with Gasteiger partial charge >= 0.3 is 5.97 Å². The molecule has 2 heteroatoms. The first-order valence-corrected chi connectivity index (χ1v) is 4.97. The van der Waals surface area contributed by atoms with Crippen LogP contribution < -0.4 is 0 Å². The van der Waals surface area contributed by atoms with Crippen LogP contribution in [-0.2, 0) is 9.53 Å². The maximum Gasteiger partial charge on any atom is 0.306 e. The van der Waals surface area contributed by atoms with E-state index in [9.17, 15) is 4.79 Å². The van der Waals surface area contributed by atoms with Crippen LogP contribution in [0.2, 0.25) is 0 Å². The SMILES string of the molecule is C[C@@H]1OC(=O)C[C@H]2CCCC[C@H]21. The predicted octanol–water partition coefficient (Wildman–Crippen LogP) is 2.13. The van der Waals surface area contributed by atoms with Crippen LogP contribution in [0.1, 0.15) is 39.0 Å². The van der Waals surface area contributed by atoms with Crippen molar-refractivity contribution in [3.05, 3.63) is 0 Å². The molecule has 68 valence electrons. The summed E-state index contributed by atoms with van der Waals surface area (Å²) in [6, 6.07) is 0. The molecule has 1 saturated heterocycles. The molecule has 0 spiro atoms. The number of hydrogen-bond donors (Lipinski definition) is 0. The number of carbonyl (C=O) groups excluding carboxylic acids is 1. The third kappa shape index (κ3) is 1.35. The minimum atomic E-state index is 0.0191. The van der Waals surface area contributed by atoms with Gasteiger partial charge in [0.2, 0.25) is 0 Å². The Balaban J connectivity index is 2.06. The van der Waals surface area contributed by atoms with Crippen LogP contribution in [-0.4, -0.2) is 12.1 Å². The van der Waals surface area contributed by atoms with Gasteiger partial charge in [0, 0.05) is 6.42 Å². The van der Waals surface area contributed by atoms with E-state index in [1.54, 1.807) is 0 Å². The molecular weight excluding hydrogens is 152 g/mol. The zero-order valence-electron chi connectivity index (χ0n) is 7.58. The first-order chi connectivity index (χ1) is 5.77. The van der Waals surface area contributed by atoms with Crippen molar-refractivity contribution in [2.45, 2.75) is 45.1 Å². The molecule has 1 heterocycles. The summed E-state index contributed by atoms with van der Waals surface area (Å²) in [7, 11) is 0. The van der Waals surface area contributed by atoms with Gasteiger partial charge in [-0.15, -0.1) is 0 Å². The molecule has 1 aliphatic heterocycles. The van der Waals surface area contributed by atoms with Crippen molar-refractivity contribution in [3.8, 4) is 0 Å². The molecule has 0 aromatic heterocycles. The lowest BCUT2D eigenvalue weighted by Gasteiger charge is -2.38. The molecule has 0 bridgehead atoms. The first-order valence-electron chi connectivity index (χ1n) is 4.97. The number of esters is 1. The van der Waals surface area contributed by atoms with Crippen LogP contribution in [0.3, 0.4) is 0 Å². The first kappa shape index (κ1) is 8.09. The van der Waals surface area contributed by atoms with Gasteiger partial charge in [-0.1, -0.05) is 12.8 Å².